The maximum Gasteiger partial charge on any atom is 0.408 e. The largest absolute Gasteiger partial charge is 0.446 e. The number of H-pyrrole nitrogens is 1. The van der Waals surface area contributed by atoms with Crippen molar-refractivity contribution >= 4 is 22.9 Å². The number of nitrogens with one attached hydrogen (secondary N) is 3. The van der Waals surface area contributed by atoms with Crippen LogP contribution < -0.4 is 10.6 Å². The number of aromatic nitrogens is 1. The van der Waals surface area contributed by atoms with Gasteiger partial charge in [-0.25, -0.2) is 4.79 Å². The van der Waals surface area contributed by atoms with E-state index in [-0.39, 0.29) is 12.0 Å². The van der Waals surface area contributed by atoms with Crippen molar-refractivity contribution in [1.82, 2.24) is 15.6 Å². The van der Waals surface area contributed by atoms with Crippen LogP contribution in [0.2, 0.25) is 0 Å². The number of fused-ring (bicyclic) bond motifs is 3. The number of ether oxygens (including phenoxy) is 1. The van der Waals surface area contributed by atoms with Crippen LogP contribution in [0.1, 0.15) is 43.7 Å². The second-order valence-corrected chi connectivity index (χ2v) is 10.1. The van der Waals surface area contributed by atoms with Crippen LogP contribution in [0.5, 0.6) is 0 Å². The van der Waals surface area contributed by atoms with E-state index in [1.807, 2.05) is 60.8 Å². The van der Waals surface area contributed by atoms with Gasteiger partial charge >= 0.3 is 6.09 Å². The predicted octanol–water partition coefficient (Wildman–Crippen LogP) is 4.74. The molecule has 2 saturated carbocycles. The summed E-state index contributed by atoms with van der Waals surface area (Å²) >= 11 is 0. The van der Waals surface area contributed by atoms with Gasteiger partial charge in [0.25, 0.3) is 0 Å². The maximum atomic E-state index is 13.4. The molecule has 3 aromatic rings. The van der Waals surface area contributed by atoms with Crippen molar-refractivity contribution in [1.29, 1.82) is 0 Å². The summed E-state index contributed by atoms with van der Waals surface area (Å²) in [5.41, 5.74) is 2.01. The molecule has 1 aromatic heterocycles. The smallest absolute Gasteiger partial charge is 0.408 e. The molecule has 2 amide bonds. The Hall–Kier alpha value is -3.28. The lowest BCUT2D eigenvalue weighted by Crippen LogP contribution is -2.59. The van der Waals surface area contributed by atoms with Crippen LogP contribution >= 0.6 is 0 Å². The van der Waals surface area contributed by atoms with Gasteiger partial charge in [0.1, 0.15) is 11.6 Å². The van der Waals surface area contributed by atoms with E-state index >= 15 is 0 Å². The first-order valence-electron chi connectivity index (χ1n) is 12.4. The SMILES string of the molecule is C[C@@](Cc1c[nH]c2ccccc12)(NC(=O)O[C@H]1C[C@H]2CC[C@@H]1C2)C(=O)NCCc1ccccc1. The third kappa shape index (κ3) is 4.81. The zero-order valence-electron chi connectivity index (χ0n) is 19.7. The summed E-state index contributed by atoms with van der Waals surface area (Å²) in [4.78, 5) is 29.7. The van der Waals surface area contributed by atoms with Crippen LogP contribution in [0.4, 0.5) is 4.79 Å². The number of aromatic amines is 1. The van der Waals surface area contributed by atoms with Gasteiger partial charge in [-0.15, -0.1) is 0 Å². The highest BCUT2D eigenvalue weighted by Crippen LogP contribution is 2.45. The van der Waals surface area contributed by atoms with Crippen molar-refractivity contribution in [2.24, 2.45) is 11.8 Å². The highest BCUT2D eigenvalue weighted by Gasteiger charge is 2.43. The molecule has 0 radical (unpaired) electrons. The Bertz CT molecular complexity index is 1160. The number of alkyl carbamates (subject to hydrolysis) is 1. The highest BCUT2D eigenvalue weighted by atomic mass is 16.6. The van der Waals surface area contributed by atoms with E-state index in [4.69, 9.17) is 4.74 Å². The van der Waals surface area contributed by atoms with E-state index in [2.05, 4.69) is 15.6 Å². The van der Waals surface area contributed by atoms with Crippen LogP contribution in [0.3, 0.4) is 0 Å². The lowest BCUT2D eigenvalue weighted by molar-refractivity contribution is -0.127. The Morgan fingerprint density at radius 2 is 1.85 bits per heavy atom. The molecule has 4 atom stereocenters. The maximum absolute atomic E-state index is 13.4. The molecule has 0 aliphatic heterocycles. The van der Waals surface area contributed by atoms with Gasteiger partial charge in [0.2, 0.25) is 5.91 Å². The molecule has 2 aliphatic carbocycles. The second kappa shape index (κ2) is 9.53. The normalized spacial score (nSPS) is 22.9. The molecule has 2 aliphatic rings. The molecule has 6 heteroatoms. The summed E-state index contributed by atoms with van der Waals surface area (Å²) in [5.74, 6) is 0.940. The molecule has 2 aromatic carbocycles. The number of carbonyl (C=O) groups excluding carboxylic acids is 2. The molecular formula is C28H33N3O3. The minimum atomic E-state index is -1.14. The predicted molar refractivity (Wildman–Crippen MR) is 132 cm³/mol. The first kappa shape index (κ1) is 22.5. The minimum absolute atomic E-state index is 0.0303. The molecule has 34 heavy (non-hydrogen) atoms. The standard InChI is InChI=1S/C28H33N3O3/c1-28(17-22-18-30-24-10-6-5-9-23(22)24,26(32)29-14-13-19-7-3-2-4-8-19)31-27(33)34-25-16-20-11-12-21(25)15-20/h2-10,18,20-21,25,30H,11-17H2,1H3,(H,29,32)(H,31,33)/t20-,21+,25-,28-/m0/s1. The zero-order valence-corrected chi connectivity index (χ0v) is 19.7. The van der Waals surface area contributed by atoms with Crippen LogP contribution in [0, 0.1) is 11.8 Å². The first-order chi connectivity index (χ1) is 16.5. The monoisotopic (exact) mass is 459 g/mol. The second-order valence-electron chi connectivity index (χ2n) is 10.1. The molecule has 3 N–H and O–H groups in total. The van der Waals surface area contributed by atoms with Crippen molar-refractivity contribution in [2.75, 3.05) is 6.54 Å². The molecule has 1 heterocycles. The van der Waals surface area contributed by atoms with Gasteiger partial charge in [-0.1, -0.05) is 48.5 Å². The Labute approximate surface area is 200 Å². The number of carbonyl (C=O) groups is 2. The van der Waals surface area contributed by atoms with E-state index in [9.17, 15) is 9.59 Å². The molecule has 0 unspecified atom stereocenters. The summed E-state index contributed by atoms with van der Waals surface area (Å²) in [6.07, 6.45) is 6.96. The fraction of sp³-hybridized carbons (Fsp3) is 0.429. The zero-order chi connectivity index (χ0) is 23.5. The summed E-state index contributed by atoms with van der Waals surface area (Å²) < 4.78 is 5.83. The Morgan fingerprint density at radius 3 is 2.62 bits per heavy atom. The molecular weight excluding hydrogens is 426 g/mol. The Balaban J connectivity index is 1.29. The highest BCUT2D eigenvalue weighted by molar-refractivity contribution is 5.91. The summed E-state index contributed by atoms with van der Waals surface area (Å²) in [6, 6.07) is 18.0. The van der Waals surface area contributed by atoms with Crippen molar-refractivity contribution in [2.45, 2.75) is 57.1 Å². The Kier molecular flexibility index (Phi) is 6.31. The summed E-state index contributed by atoms with van der Waals surface area (Å²) in [6.45, 7) is 2.28. The molecule has 5 rings (SSSR count). The molecule has 178 valence electrons. The molecule has 2 fully saturated rings. The number of rotatable bonds is 8. The lowest BCUT2D eigenvalue weighted by atomic mass is 9.91. The first-order valence-corrected chi connectivity index (χ1v) is 12.4. The summed E-state index contributed by atoms with van der Waals surface area (Å²) in [5, 5.41) is 7.03. The van der Waals surface area contributed by atoms with Crippen LogP contribution in [0.25, 0.3) is 10.9 Å². The molecule has 6 nitrogen and oxygen atoms in total. The number of benzene rings is 2. The van der Waals surface area contributed by atoms with Gasteiger partial charge in [0.05, 0.1) is 0 Å². The summed E-state index contributed by atoms with van der Waals surface area (Å²) in [7, 11) is 0. The third-order valence-corrected chi connectivity index (χ3v) is 7.57. The average molecular weight is 460 g/mol. The topological polar surface area (TPSA) is 83.2 Å². The van der Waals surface area contributed by atoms with Gasteiger partial charge < -0.3 is 20.4 Å². The van der Waals surface area contributed by atoms with E-state index in [1.54, 1.807) is 6.92 Å². The van der Waals surface area contributed by atoms with Crippen LogP contribution in [-0.4, -0.2) is 35.2 Å². The molecule has 0 saturated heterocycles. The van der Waals surface area contributed by atoms with Gasteiger partial charge in [-0.3, -0.25) is 4.79 Å². The van der Waals surface area contributed by atoms with Crippen LogP contribution in [-0.2, 0) is 22.4 Å². The fourth-order valence-electron chi connectivity index (χ4n) is 5.72. The molecule has 2 bridgehead atoms. The van der Waals surface area contributed by atoms with Gasteiger partial charge in [-0.05, 0) is 68.1 Å². The van der Waals surface area contributed by atoms with Gasteiger partial charge in [0.15, 0.2) is 0 Å². The van der Waals surface area contributed by atoms with E-state index in [0.29, 0.717) is 24.8 Å². The fourth-order valence-corrected chi connectivity index (χ4v) is 5.72. The van der Waals surface area contributed by atoms with Crippen molar-refractivity contribution < 1.29 is 14.3 Å². The number of amides is 2. The van der Waals surface area contributed by atoms with Crippen molar-refractivity contribution in [3.8, 4) is 0 Å². The third-order valence-electron chi connectivity index (χ3n) is 7.57. The quantitative estimate of drug-likeness (QED) is 0.455. The minimum Gasteiger partial charge on any atom is -0.446 e. The van der Waals surface area contributed by atoms with Crippen molar-refractivity contribution in [3.05, 3.63) is 71.9 Å². The lowest BCUT2D eigenvalue weighted by Gasteiger charge is -2.31. The molecule has 0 spiro atoms. The number of hydrogen-bond donors (Lipinski definition) is 3. The van der Waals surface area contributed by atoms with Gasteiger partial charge in [0, 0.05) is 30.1 Å². The average Bonchev–Trinajstić information content (AvgIpc) is 3.56. The van der Waals surface area contributed by atoms with Crippen molar-refractivity contribution in [3.63, 3.8) is 0 Å². The van der Waals surface area contributed by atoms with E-state index in [1.165, 1.54) is 6.42 Å². The van der Waals surface area contributed by atoms with Crippen LogP contribution in [0.15, 0.2) is 60.8 Å². The number of para-hydroxylation sites is 1. The van der Waals surface area contributed by atoms with Gasteiger partial charge in [-0.2, -0.15) is 0 Å². The van der Waals surface area contributed by atoms with E-state index < -0.39 is 11.6 Å². The van der Waals surface area contributed by atoms with E-state index in [0.717, 1.165) is 47.7 Å². The Morgan fingerprint density at radius 1 is 1.06 bits per heavy atom. The number of hydrogen-bond acceptors (Lipinski definition) is 3.